The summed E-state index contributed by atoms with van der Waals surface area (Å²) in [6.07, 6.45) is 4.81. The van der Waals surface area contributed by atoms with Gasteiger partial charge >= 0.3 is 0 Å². The molecule has 4 nitrogen and oxygen atoms in total. The molecule has 0 atom stereocenters. The van der Waals surface area contributed by atoms with E-state index in [-0.39, 0.29) is 6.10 Å². The van der Waals surface area contributed by atoms with Gasteiger partial charge in [-0.1, -0.05) is 12.1 Å². The SMILES string of the molecule is COc1cc2ccc1Oc1cc(ccc1OC(C)C)CCC(=O)CCCC2. The average Bonchev–Trinajstić information content (AvgIpc) is 2.65. The highest BCUT2D eigenvalue weighted by Gasteiger charge is 2.14. The molecule has 4 rings (SSSR count). The monoisotopic (exact) mass is 368 g/mol. The number of aryl methyl sites for hydroxylation is 2. The van der Waals surface area contributed by atoms with Gasteiger partial charge in [-0.3, -0.25) is 4.79 Å². The molecule has 0 unspecified atom stereocenters. The number of ether oxygens (including phenoxy) is 3. The summed E-state index contributed by atoms with van der Waals surface area (Å²) in [4.78, 5) is 12.2. The topological polar surface area (TPSA) is 44.8 Å². The predicted octanol–water partition coefficient (Wildman–Crippen LogP) is 5.50. The average molecular weight is 368 g/mol. The maximum Gasteiger partial charge on any atom is 0.169 e. The Labute approximate surface area is 161 Å². The van der Waals surface area contributed by atoms with Crippen LogP contribution in [-0.2, 0) is 17.6 Å². The van der Waals surface area contributed by atoms with E-state index in [2.05, 4.69) is 6.07 Å². The zero-order valence-corrected chi connectivity index (χ0v) is 16.4. The van der Waals surface area contributed by atoms with E-state index >= 15 is 0 Å². The molecule has 0 radical (unpaired) electrons. The number of methoxy groups -OCH3 is 1. The Bertz CT molecular complexity index is 795. The van der Waals surface area contributed by atoms with Crippen molar-refractivity contribution in [2.75, 3.05) is 7.11 Å². The van der Waals surface area contributed by atoms with Crippen molar-refractivity contribution in [3.8, 4) is 23.0 Å². The van der Waals surface area contributed by atoms with Crippen LogP contribution >= 0.6 is 0 Å². The Kier molecular flexibility index (Phi) is 6.38. The number of Topliss-reactive ketones (excluding diaryl/α,β-unsaturated/α-hetero) is 1. The summed E-state index contributed by atoms with van der Waals surface area (Å²) in [6, 6.07) is 11.9. The molecule has 27 heavy (non-hydrogen) atoms. The third-order valence-electron chi connectivity index (χ3n) is 4.68. The number of ketones is 1. The molecule has 0 amide bonds. The van der Waals surface area contributed by atoms with Gasteiger partial charge in [0, 0.05) is 12.8 Å². The molecule has 2 aliphatic rings. The van der Waals surface area contributed by atoms with Crippen LogP contribution in [0.1, 0.15) is 50.7 Å². The van der Waals surface area contributed by atoms with Gasteiger partial charge in [0.05, 0.1) is 13.2 Å². The second-order valence-electron chi connectivity index (χ2n) is 7.28. The van der Waals surface area contributed by atoms with Crippen LogP contribution in [0.3, 0.4) is 0 Å². The van der Waals surface area contributed by atoms with Crippen molar-refractivity contribution < 1.29 is 19.0 Å². The zero-order chi connectivity index (χ0) is 19.2. The van der Waals surface area contributed by atoms with Gasteiger partial charge in [0.15, 0.2) is 23.0 Å². The van der Waals surface area contributed by atoms with Crippen LogP contribution in [0.2, 0.25) is 0 Å². The standard InChI is InChI=1S/C23H28O4/c1-16(2)26-21-13-10-18-8-11-19(24)7-5-4-6-17-9-12-20(22(14-17)25-3)27-23(21)15-18/h9-10,12-16H,4-8,11H2,1-3H3. The number of carbonyl (C=O) groups excluding carboxylic acids is 1. The number of rotatable bonds is 3. The molecule has 2 aliphatic heterocycles. The minimum Gasteiger partial charge on any atom is -0.493 e. The Morgan fingerprint density at radius 2 is 1.59 bits per heavy atom. The molecule has 4 heteroatoms. The van der Waals surface area contributed by atoms with Crippen molar-refractivity contribution >= 4 is 5.78 Å². The molecule has 4 bridgehead atoms. The molecule has 0 N–H and O–H groups in total. The molecule has 0 fully saturated rings. The van der Waals surface area contributed by atoms with Gasteiger partial charge in [0.2, 0.25) is 0 Å². The van der Waals surface area contributed by atoms with Gasteiger partial charge in [0.25, 0.3) is 0 Å². The fraction of sp³-hybridized carbons (Fsp3) is 0.435. The van der Waals surface area contributed by atoms with Crippen molar-refractivity contribution in [2.45, 2.75) is 58.5 Å². The van der Waals surface area contributed by atoms with Crippen LogP contribution in [0, 0.1) is 0 Å². The van der Waals surface area contributed by atoms with Crippen molar-refractivity contribution in [1.82, 2.24) is 0 Å². The van der Waals surface area contributed by atoms with E-state index in [1.807, 2.05) is 44.2 Å². The molecule has 0 aliphatic carbocycles. The van der Waals surface area contributed by atoms with Crippen LogP contribution in [-0.4, -0.2) is 19.0 Å². The Morgan fingerprint density at radius 1 is 0.852 bits per heavy atom. The Balaban J connectivity index is 1.99. The van der Waals surface area contributed by atoms with Gasteiger partial charge in [-0.05, 0) is 74.9 Å². The van der Waals surface area contributed by atoms with E-state index in [0.29, 0.717) is 48.0 Å². The maximum absolute atomic E-state index is 12.2. The largest absolute Gasteiger partial charge is 0.493 e. The minimum atomic E-state index is 0.0400. The number of benzene rings is 2. The lowest BCUT2D eigenvalue weighted by Gasteiger charge is -2.17. The molecule has 0 aromatic heterocycles. The summed E-state index contributed by atoms with van der Waals surface area (Å²) < 4.78 is 17.7. The van der Waals surface area contributed by atoms with E-state index < -0.39 is 0 Å². The zero-order valence-electron chi connectivity index (χ0n) is 16.4. The molecule has 2 heterocycles. The van der Waals surface area contributed by atoms with Gasteiger partial charge in [-0.2, -0.15) is 0 Å². The number of carbonyl (C=O) groups is 1. The Morgan fingerprint density at radius 3 is 2.37 bits per heavy atom. The van der Waals surface area contributed by atoms with Crippen LogP contribution < -0.4 is 14.2 Å². The fourth-order valence-electron chi connectivity index (χ4n) is 3.27. The number of fused-ring (bicyclic) bond motifs is 8. The first-order chi connectivity index (χ1) is 13.0. The van der Waals surface area contributed by atoms with E-state index in [1.54, 1.807) is 7.11 Å². The van der Waals surface area contributed by atoms with Crippen molar-refractivity contribution in [3.05, 3.63) is 47.5 Å². The van der Waals surface area contributed by atoms with E-state index in [1.165, 1.54) is 5.56 Å². The van der Waals surface area contributed by atoms with Gasteiger partial charge in [0.1, 0.15) is 5.78 Å². The van der Waals surface area contributed by atoms with Crippen molar-refractivity contribution in [1.29, 1.82) is 0 Å². The van der Waals surface area contributed by atoms with E-state index in [9.17, 15) is 4.79 Å². The smallest absolute Gasteiger partial charge is 0.169 e. The van der Waals surface area contributed by atoms with Crippen molar-refractivity contribution in [2.24, 2.45) is 0 Å². The minimum absolute atomic E-state index is 0.0400. The lowest BCUT2D eigenvalue weighted by Crippen LogP contribution is -2.07. The molecular weight excluding hydrogens is 340 g/mol. The predicted molar refractivity (Wildman–Crippen MR) is 106 cm³/mol. The summed E-state index contributed by atoms with van der Waals surface area (Å²) >= 11 is 0. The maximum atomic E-state index is 12.2. The summed E-state index contributed by atoms with van der Waals surface area (Å²) in [7, 11) is 1.65. The molecule has 0 saturated heterocycles. The van der Waals surface area contributed by atoms with E-state index in [4.69, 9.17) is 14.2 Å². The molecule has 2 aromatic rings. The van der Waals surface area contributed by atoms with Crippen molar-refractivity contribution in [3.63, 3.8) is 0 Å². The van der Waals surface area contributed by atoms with Crippen LogP contribution in [0.15, 0.2) is 36.4 Å². The third-order valence-corrected chi connectivity index (χ3v) is 4.68. The van der Waals surface area contributed by atoms with Crippen LogP contribution in [0.25, 0.3) is 0 Å². The molecule has 144 valence electrons. The van der Waals surface area contributed by atoms with Gasteiger partial charge in [-0.25, -0.2) is 0 Å². The highest BCUT2D eigenvalue weighted by atomic mass is 16.5. The molecule has 0 spiro atoms. The third kappa shape index (κ3) is 5.25. The highest BCUT2D eigenvalue weighted by Crippen LogP contribution is 2.38. The first kappa shape index (κ1) is 19.3. The lowest BCUT2D eigenvalue weighted by molar-refractivity contribution is -0.119. The first-order valence-electron chi connectivity index (χ1n) is 9.71. The van der Waals surface area contributed by atoms with Crippen LogP contribution in [0.4, 0.5) is 0 Å². The second kappa shape index (κ2) is 8.94. The van der Waals surface area contributed by atoms with Crippen LogP contribution in [0.5, 0.6) is 23.0 Å². The molecule has 0 saturated carbocycles. The first-order valence-corrected chi connectivity index (χ1v) is 9.71. The molecular formula is C23H28O4. The lowest BCUT2D eigenvalue weighted by atomic mass is 10.0. The fourth-order valence-corrected chi connectivity index (χ4v) is 3.27. The quantitative estimate of drug-likeness (QED) is 0.717. The number of hydrogen-bond donors (Lipinski definition) is 0. The summed E-state index contributed by atoms with van der Waals surface area (Å²) in [6.45, 7) is 3.97. The Hall–Kier alpha value is -2.49. The second-order valence-corrected chi connectivity index (χ2v) is 7.28. The summed E-state index contributed by atoms with van der Waals surface area (Å²) in [5.74, 6) is 3.03. The highest BCUT2D eigenvalue weighted by molar-refractivity contribution is 5.78. The summed E-state index contributed by atoms with van der Waals surface area (Å²) in [5.41, 5.74) is 2.26. The van der Waals surface area contributed by atoms with Gasteiger partial charge < -0.3 is 14.2 Å². The summed E-state index contributed by atoms with van der Waals surface area (Å²) in [5, 5.41) is 0. The van der Waals surface area contributed by atoms with E-state index in [0.717, 1.165) is 24.8 Å². The van der Waals surface area contributed by atoms with Gasteiger partial charge in [-0.15, -0.1) is 0 Å². The normalized spacial score (nSPS) is 15.0. The number of hydrogen-bond acceptors (Lipinski definition) is 4. The molecule has 2 aromatic carbocycles.